The molecule has 1 heterocycles. The Morgan fingerprint density at radius 2 is 1.40 bits per heavy atom. The van der Waals surface area contributed by atoms with Gasteiger partial charge in [-0.15, -0.1) is 11.3 Å². The summed E-state index contributed by atoms with van der Waals surface area (Å²) in [4.78, 5) is 7.76. The van der Waals surface area contributed by atoms with Crippen molar-refractivity contribution in [3.8, 4) is 33.4 Å². The van der Waals surface area contributed by atoms with Gasteiger partial charge < -0.3 is 0 Å². The molecule has 0 bridgehead atoms. The van der Waals surface area contributed by atoms with Gasteiger partial charge in [0.1, 0.15) is 0 Å². The van der Waals surface area contributed by atoms with Crippen molar-refractivity contribution in [3.63, 3.8) is 0 Å². The van der Waals surface area contributed by atoms with Crippen LogP contribution in [0.15, 0.2) is 115 Å². The zero-order valence-corrected chi connectivity index (χ0v) is 25.7. The molecule has 6 aromatic carbocycles. The Hall–Kier alpha value is -5.48. The minimum absolute atomic E-state index is 0.0230. The fraction of sp³-hybridized carbons (Fsp3) is 0.0952. The first kappa shape index (κ1) is 26.0. The van der Waals surface area contributed by atoms with Gasteiger partial charge in [-0.3, -0.25) is 0 Å². The Balaban J connectivity index is 1.28. The van der Waals surface area contributed by atoms with Gasteiger partial charge in [0.2, 0.25) is 0 Å². The van der Waals surface area contributed by atoms with Crippen LogP contribution in [0.5, 0.6) is 0 Å². The molecule has 0 radical (unpaired) electrons. The van der Waals surface area contributed by atoms with E-state index >= 15 is 0 Å². The van der Waals surface area contributed by atoms with Crippen LogP contribution in [-0.2, 0) is 5.41 Å². The average molecular weight is 591 g/mol. The highest BCUT2D eigenvalue weighted by molar-refractivity contribution is 7.26. The first-order chi connectivity index (χ1) is 22.0. The van der Waals surface area contributed by atoms with Crippen molar-refractivity contribution in [2.24, 2.45) is 0 Å². The lowest BCUT2D eigenvalue weighted by Gasteiger charge is -2.22. The topological polar surface area (TPSA) is 8.72 Å². The standard InChI is InChI=1S/C42H26N2S/c1-42(2)35-14-8-7-11-27(35)30-19-20-31-34-22-24(16-21-37(34)45-41(31)40(30)42)38-32(13-9-15-36(38)44-4)39-28-12-6-5-10-26(28)33-23-25(43-3)17-18-29(33)39/h5-23,39H,1-2H3. The van der Waals surface area contributed by atoms with E-state index in [2.05, 4.69) is 115 Å². The van der Waals surface area contributed by atoms with Gasteiger partial charge in [-0.05, 0) is 79.4 Å². The van der Waals surface area contributed by atoms with Gasteiger partial charge in [-0.25, -0.2) is 9.69 Å². The van der Waals surface area contributed by atoms with Crippen LogP contribution in [0.25, 0.3) is 63.2 Å². The zero-order valence-electron chi connectivity index (χ0n) is 24.8. The number of thiophene rings is 1. The quantitative estimate of drug-likeness (QED) is 0.177. The van der Waals surface area contributed by atoms with Gasteiger partial charge in [-0.2, -0.15) is 0 Å². The Morgan fingerprint density at radius 1 is 0.622 bits per heavy atom. The van der Waals surface area contributed by atoms with Crippen LogP contribution in [0.4, 0.5) is 11.4 Å². The summed E-state index contributed by atoms with van der Waals surface area (Å²) in [6.07, 6.45) is 0. The number of hydrogen-bond donors (Lipinski definition) is 0. The second-order valence-electron chi connectivity index (χ2n) is 12.6. The maximum atomic E-state index is 8.19. The van der Waals surface area contributed by atoms with Crippen molar-refractivity contribution < 1.29 is 0 Å². The van der Waals surface area contributed by atoms with Crippen molar-refractivity contribution in [1.29, 1.82) is 0 Å². The van der Waals surface area contributed by atoms with Crippen LogP contribution < -0.4 is 0 Å². The van der Waals surface area contributed by atoms with E-state index in [1.807, 2.05) is 35.6 Å². The third kappa shape index (κ3) is 3.48. The number of rotatable bonds is 2. The fourth-order valence-corrected chi connectivity index (χ4v) is 9.43. The number of benzene rings is 6. The lowest BCUT2D eigenvalue weighted by molar-refractivity contribution is 0.667. The lowest BCUT2D eigenvalue weighted by Crippen LogP contribution is -2.14. The van der Waals surface area contributed by atoms with Crippen molar-refractivity contribution >= 4 is 42.9 Å². The summed E-state index contributed by atoms with van der Waals surface area (Å²) in [5.41, 5.74) is 14.6. The number of nitrogens with zero attached hydrogens (tertiary/aromatic N) is 2. The minimum atomic E-state index is -0.0740. The molecular weight excluding hydrogens is 565 g/mol. The predicted molar refractivity (Wildman–Crippen MR) is 188 cm³/mol. The summed E-state index contributed by atoms with van der Waals surface area (Å²) >= 11 is 1.88. The van der Waals surface area contributed by atoms with E-state index in [1.165, 1.54) is 59.1 Å². The molecule has 0 aliphatic heterocycles. The first-order valence-corrected chi connectivity index (χ1v) is 16.0. The molecule has 0 spiro atoms. The van der Waals surface area contributed by atoms with Gasteiger partial charge in [0, 0.05) is 31.5 Å². The van der Waals surface area contributed by atoms with E-state index in [0.29, 0.717) is 11.4 Å². The van der Waals surface area contributed by atoms with Gasteiger partial charge in [0.15, 0.2) is 11.4 Å². The number of fused-ring (bicyclic) bond motifs is 10. The molecule has 9 rings (SSSR count). The fourth-order valence-electron chi connectivity index (χ4n) is 8.04. The maximum absolute atomic E-state index is 8.19. The third-order valence-corrected chi connectivity index (χ3v) is 11.2. The Bertz CT molecular complexity index is 2500. The molecule has 2 nitrogen and oxygen atoms in total. The van der Waals surface area contributed by atoms with Crippen molar-refractivity contribution in [3.05, 3.63) is 166 Å². The van der Waals surface area contributed by atoms with E-state index in [4.69, 9.17) is 13.1 Å². The third-order valence-electron chi connectivity index (χ3n) is 9.99. The predicted octanol–water partition coefficient (Wildman–Crippen LogP) is 12.3. The molecule has 1 atom stereocenters. The summed E-state index contributed by atoms with van der Waals surface area (Å²) < 4.78 is 2.62. The highest BCUT2D eigenvalue weighted by Crippen LogP contribution is 2.55. The Labute approximate surface area is 266 Å². The minimum Gasteiger partial charge on any atom is -0.238 e. The summed E-state index contributed by atoms with van der Waals surface area (Å²) in [5.74, 6) is -0.0230. The Kier molecular flexibility index (Phi) is 5.34. The summed E-state index contributed by atoms with van der Waals surface area (Å²) in [7, 11) is 0. The highest BCUT2D eigenvalue weighted by atomic mass is 32.1. The monoisotopic (exact) mass is 590 g/mol. The van der Waals surface area contributed by atoms with Gasteiger partial charge >= 0.3 is 0 Å². The van der Waals surface area contributed by atoms with E-state index in [0.717, 1.165) is 22.3 Å². The van der Waals surface area contributed by atoms with Crippen molar-refractivity contribution in [2.75, 3.05) is 0 Å². The molecule has 7 aromatic rings. The Morgan fingerprint density at radius 3 is 2.24 bits per heavy atom. The first-order valence-electron chi connectivity index (χ1n) is 15.2. The van der Waals surface area contributed by atoms with E-state index < -0.39 is 0 Å². The van der Waals surface area contributed by atoms with Crippen LogP contribution >= 0.6 is 11.3 Å². The molecular formula is C42H26N2S. The molecule has 0 saturated heterocycles. The molecule has 0 saturated carbocycles. The average Bonchev–Trinajstić information content (AvgIpc) is 3.69. The molecule has 2 aliphatic rings. The second-order valence-corrected chi connectivity index (χ2v) is 13.7. The van der Waals surface area contributed by atoms with E-state index in [-0.39, 0.29) is 11.3 Å². The van der Waals surface area contributed by atoms with Gasteiger partial charge in [0.25, 0.3) is 0 Å². The molecule has 210 valence electrons. The molecule has 0 N–H and O–H groups in total. The SMILES string of the molecule is [C-]#[N+]c1ccc2c(c1)-c1ccccc1C2c1cccc([N+]#[C-])c1-c1ccc2sc3c4c(ccc3c2c1)-c1ccccc1C4(C)C. The molecule has 0 amide bonds. The van der Waals surface area contributed by atoms with Crippen LogP contribution in [0.1, 0.15) is 47.6 Å². The summed E-state index contributed by atoms with van der Waals surface area (Å²) in [6, 6.07) is 40.9. The normalized spacial score (nSPS) is 15.2. The summed E-state index contributed by atoms with van der Waals surface area (Å²) in [5, 5.41) is 2.52. The molecule has 1 unspecified atom stereocenters. The van der Waals surface area contributed by atoms with Gasteiger partial charge in [0.05, 0.1) is 13.1 Å². The molecule has 0 fully saturated rings. The van der Waals surface area contributed by atoms with Crippen LogP contribution in [-0.4, -0.2) is 0 Å². The zero-order chi connectivity index (χ0) is 30.4. The maximum Gasteiger partial charge on any atom is 0.195 e. The smallest absolute Gasteiger partial charge is 0.195 e. The van der Waals surface area contributed by atoms with Crippen molar-refractivity contribution in [1.82, 2.24) is 0 Å². The van der Waals surface area contributed by atoms with Gasteiger partial charge in [-0.1, -0.05) is 111 Å². The molecule has 1 aromatic heterocycles. The summed E-state index contributed by atoms with van der Waals surface area (Å²) in [6.45, 7) is 20.5. The molecule has 45 heavy (non-hydrogen) atoms. The van der Waals surface area contributed by atoms with Crippen LogP contribution in [0.2, 0.25) is 0 Å². The second kappa shape index (κ2) is 9.26. The van der Waals surface area contributed by atoms with Crippen LogP contribution in [0.3, 0.4) is 0 Å². The number of hydrogen-bond acceptors (Lipinski definition) is 1. The highest BCUT2D eigenvalue weighted by Gasteiger charge is 2.37. The molecule has 3 heteroatoms. The van der Waals surface area contributed by atoms with Crippen LogP contribution in [0, 0.1) is 13.1 Å². The largest absolute Gasteiger partial charge is 0.238 e. The van der Waals surface area contributed by atoms with E-state index in [1.54, 1.807) is 0 Å². The molecule has 2 aliphatic carbocycles. The van der Waals surface area contributed by atoms with Crippen molar-refractivity contribution in [2.45, 2.75) is 25.2 Å². The lowest BCUT2D eigenvalue weighted by atomic mass is 9.82. The van der Waals surface area contributed by atoms with E-state index in [9.17, 15) is 0 Å².